The number of fused-ring (bicyclic) bond motifs is 3. The number of ether oxygens (including phenoxy) is 1. The minimum absolute atomic E-state index is 0.0480. The number of Topliss-reactive ketones (excluding diaryl/α,β-unsaturated/α-hetero) is 1. The summed E-state index contributed by atoms with van der Waals surface area (Å²) in [6.45, 7) is 0. The van der Waals surface area contributed by atoms with E-state index in [2.05, 4.69) is 0 Å². The van der Waals surface area contributed by atoms with Crippen LogP contribution in [-0.2, 0) is 5.60 Å². The maximum absolute atomic E-state index is 13.7. The summed E-state index contributed by atoms with van der Waals surface area (Å²) in [5, 5.41) is 0. The molecule has 1 aromatic heterocycles. The molecule has 2 heterocycles. The first-order chi connectivity index (χ1) is 12.3. The summed E-state index contributed by atoms with van der Waals surface area (Å²) in [7, 11) is 0. The van der Waals surface area contributed by atoms with Gasteiger partial charge in [-0.25, -0.2) is 0 Å². The van der Waals surface area contributed by atoms with E-state index in [4.69, 9.17) is 4.74 Å². The van der Waals surface area contributed by atoms with Gasteiger partial charge in [0.25, 0.3) is 0 Å². The molecule has 1 atom stereocenters. The van der Waals surface area contributed by atoms with Gasteiger partial charge in [0.15, 0.2) is 5.60 Å². The Morgan fingerprint density at radius 2 is 1.72 bits per heavy atom. The Labute approximate surface area is 146 Å². The van der Waals surface area contributed by atoms with Crippen LogP contribution in [0, 0.1) is 5.92 Å². The van der Waals surface area contributed by atoms with Crippen LogP contribution in [-0.4, -0.2) is 10.4 Å². The van der Waals surface area contributed by atoms with E-state index in [0.29, 0.717) is 11.6 Å². The maximum Gasteiger partial charge on any atom is 0.227 e. The molecule has 1 aliphatic heterocycles. The molecule has 0 unspecified atom stereocenters. The van der Waals surface area contributed by atoms with Crippen LogP contribution >= 0.6 is 0 Å². The lowest BCUT2D eigenvalue weighted by Gasteiger charge is -2.32. The van der Waals surface area contributed by atoms with Crippen LogP contribution in [0.2, 0.25) is 0 Å². The van der Waals surface area contributed by atoms with Gasteiger partial charge in [0.2, 0.25) is 5.78 Å². The highest BCUT2D eigenvalue weighted by atomic mass is 16.5. The molecule has 1 aliphatic carbocycles. The Morgan fingerprint density at radius 1 is 0.960 bits per heavy atom. The van der Waals surface area contributed by atoms with E-state index in [9.17, 15) is 4.79 Å². The third-order valence-corrected chi connectivity index (χ3v) is 5.27. The Kier molecular flexibility index (Phi) is 3.11. The third kappa shape index (κ3) is 2.23. The number of benzene rings is 2. The van der Waals surface area contributed by atoms with Crippen LogP contribution in [0.1, 0.15) is 35.3 Å². The molecular weight excluding hydrogens is 310 g/mol. The lowest BCUT2D eigenvalue weighted by Crippen LogP contribution is -2.42. The van der Waals surface area contributed by atoms with Crippen LogP contribution in [0.4, 0.5) is 0 Å². The molecule has 0 spiro atoms. The number of rotatable bonds is 3. The normalized spacial score (nSPS) is 21.8. The van der Waals surface area contributed by atoms with Crippen LogP contribution in [0.25, 0.3) is 5.69 Å². The lowest BCUT2D eigenvalue weighted by molar-refractivity contribution is 0.0375. The summed E-state index contributed by atoms with van der Waals surface area (Å²) in [5.41, 5.74) is 1.60. The first kappa shape index (κ1) is 14.5. The second-order valence-electron chi connectivity index (χ2n) is 7.00. The predicted molar refractivity (Wildman–Crippen MR) is 96.2 cm³/mol. The summed E-state index contributed by atoms with van der Waals surface area (Å²) in [6.07, 6.45) is 5.02. The first-order valence-corrected chi connectivity index (χ1v) is 8.84. The number of ketones is 1. The van der Waals surface area contributed by atoms with Crippen LogP contribution < -0.4 is 4.74 Å². The van der Waals surface area contributed by atoms with Crippen LogP contribution in [0.3, 0.4) is 0 Å². The Hall–Kier alpha value is -2.81. The molecule has 3 aromatic rings. The molecule has 1 saturated carbocycles. The van der Waals surface area contributed by atoms with Gasteiger partial charge in [-0.3, -0.25) is 4.79 Å². The molecule has 124 valence electrons. The Bertz CT molecular complexity index is 939. The summed E-state index contributed by atoms with van der Waals surface area (Å²) in [5.74, 6) is 1.36. The van der Waals surface area contributed by atoms with Crippen molar-refractivity contribution < 1.29 is 9.53 Å². The number of hydrogen-bond acceptors (Lipinski definition) is 2. The van der Waals surface area contributed by atoms with Gasteiger partial charge in [0, 0.05) is 18.2 Å². The van der Waals surface area contributed by atoms with Gasteiger partial charge < -0.3 is 9.30 Å². The van der Waals surface area contributed by atoms with Gasteiger partial charge in [-0.05, 0) is 30.2 Å². The average Bonchev–Trinajstić information content (AvgIpc) is 3.35. The molecule has 3 nitrogen and oxygen atoms in total. The van der Waals surface area contributed by atoms with E-state index in [-0.39, 0.29) is 5.78 Å². The molecular formula is C22H19NO2. The summed E-state index contributed by atoms with van der Waals surface area (Å²) >= 11 is 0. The first-order valence-electron chi connectivity index (χ1n) is 8.84. The topological polar surface area (TPSA) is 31.2 Å². The predicted octanol–water partition coefficient (Wildman–Crippen LogP) is 4.75. The minimum atomic E-state index is -0.953. The van der Waals surface area contributed by atoms with E-state index in [1.807, 2.05) is 77.5 Å². The zero-order valence-corrected chi connectivity index (χ0v) is 13.9. The molecule has 0 radical (unpaired) electrons. The molecule has 0 N–H and O–H groups in total. The van der Waals surface area contributed by atoms with Gasteiger partial charge >= 0.3 is 0 Å². The van der Waals surface area contributed by atoms with Crippen molar-refractivity contribution in [3.8, 4) is 11.4 Å². The van der Waals surface area contributed by atoms with Gasteiger partial charge in [0.05, 0.1) is 11.4 Å². The van der Waals surface area contributed by atoms with Crippen molar-refractivity contribution in [2.75, 3.05) is 0 Å². The molecule has 0 saturated heterocycles. The molecule has 0 bridgehead atoms. The van der Waals surface area contributed by atoms with E-state index in [1.165, 1.54) is 12.8 Å². The molecule has 3 heteroatoms. The fraction of sp³-hybridized carbons (Fsp3) is 0.227. The van der Waals surface area contributed by atoms with Gasteiger partial charge in [-0.15, -0.1) is 0 Å². The number of nitrogens with zero attached hydrogens (tertiary/aromatic N) is 1. The van der Waals surface area contributed by atoms with Crippen molar-refractivity contribution in [3.63, 3.8) is 0 Å². The van der Waals surface area contributed by atoms with Gasteiger partial charge in [-0.1, -0.05) is 55.3 Å². The number of carbonyl (C=O) groups is 1. The van der Waals surface area contributed by atoms with Crippen molar-refractivity contribution >= 4 is 5.78 Å². The molecule has 1 fully saturated rings. The molecule has 2 aromatic carbocycles. The highest BCUT2D eigenvalue weighted by Gasteiger charge is 2.49. The van der Waals surface area contributed by atoms with Gasteiger partial charge in [-0.2, -0.15) is 0 Å². The standard InChI is InChI=1S/C22H19NO2/c24-21-19-10-6-14-23(19)18-9-4-5-11-20(18)25-22(21,15-16-12-13-16)17-7-2-1-3-8-17/h1-11,14,16H,12-13,15H2/t22-/m1/s1. The average molecular weight is 329 g/mol. The highest BCUT2D eigenvalue weighted by Crippen LogP contribution is 2.47. The zero-order chi connectivity index (χ0) is 16.9. The Balaban J connectivity index is 1.78. The fourth-order valence-electron chi connectivity index (χ4n) is 3.84. The third-order valence-electron chi connectivity index (χ3n) is 5.27. The van der Waals surface area contributed by atoms with Crippen molar-refractivity contribution in [1.82, 2.24) is 4.57 Å². The number of aromatic nitrogens is 1. The van der Waals surface area contributed by atoms with Crippen molar-refractivity contribution in [2.45, 2.75) is 24.9 Å². The molecule has 0 amide bonds. The zero-order valence-electron chi connectivity index (χ0n) is 13.9. The van der Waals surface area contributed by atoms with E-state index < -0.39 is 5.60 Å². The lowest BCUT2D eigenvalue weighted by atomic mass is 9.83. The van der Waals surface area contributed by atoms with E-state index >= 15 is 0 Å². The van der Waals surface area contributed by atoms with Gasteiger partial charge in [0.1, 0.15) is 5.75 Å². The van der Waals surface area contributed by atoms with Crippen LogP contribution in [0.15, 0.2) is 72.9 Å². The van der Waals surface area contributed by atoms with Crippen molar-refractivity contribution in [3.05, 3.63) is 84.2 Å². The number of para-hydroxylation sites is 2. The number of carbonyl (C=O) groups excluding carboxylic acids is 1. The quantitative estimate of drug-likeness (QED) is 0.694. The highest BCUT2D eigenvalue weighted by molar-refractivity contribution is 6.03. The fourth-order valence-corrected chi connectivity index (χ4v) is 3.84. The molecule has 25 heavy (non-hydrogen) atoms. The summed E-state index contributed by atoms with van der Waals surface area (Å²) in [6, 6.07) is 21.7. The number of hydrogen-bond donors (Lipinski definition) is 0. The smallest absolute Gasteiger partial charge is 0.227 e. The van der Waals surface area contributed by atoms with Crippen molar-refractivity contribution in [1.29, 1.82) is 0 Å². The Morgan fingerprint density at radius 3 is 2.52 bits per heavy atom. The SMILES string of the molecule is O=C1c2cccn2-c2ccccc2O[C@]1(CC1CC1)c1ccccc1. The summed E-state index contributed by atoms with van der Waals surface area (Å²) in [4.78, 5) is 13.7. The maximum atomic E-state index is 13.7. The second kappa shape index (κ2) is 5.35. The van der Waals surface area contributed by atoms with Crippen LogP contribution in [0.5, 0.6) is 5.75 Å². The molecule has 5 rings (SSSR count). The second-order valence-corrected chi connectivity index (χ2v) is 7.00. The van der Waals surface area contributed by atoms with E-state index in [0.717, 1.165) is 23.4 Å². The van der Waals surface area contributed by atoms with E-state index in [1.54, 1.807) is 0 Å². The largest absolute Gasteiger partial charge is 0.472 e. The monoisotopic (exact) mass is 329 g/mol. The van der Waals surface area contributed by atoms with Crippen molar-refractivity contribution in [2.24, 2.45) is 5.92 Å². The molecule has 2 aliphatic rings. The summed E-state index contributed by atoms with van der Waals surface area (Å²) < 4.78 is 8.52. The minimum Gasteiger partial charge on any atom is -0.472 e.